The van der Waals surface area contributed by atoms with Gasteiger partial charge in [-0.3, -0.25) is 0 Å². The van der Waals surface area contributed by atoms with Crippen LogP contribution >= 0.6 is 0 Å². The highest BCUT2D eigenvalue weighted by atomic mass is 16.3. The van der Waals surface area contributed by atoms with Crippen LogP contribution in [0.4, 0.5) is 0 Å². The largest absolute Gasteiger partial charge is 0.392 e. The fourth-order valence-corrected chi connectivity index (χ4v) is 2.13. The molecule has 0 radical (unpaired) electrons. The first-order valence-corrected chi connectivity index (χ1v) is 4.58. The van der Waals surface area contributed by atoms with Crippen molar-refractivity contribution in [3.63, 3.8) is 0 Å². The third-order valence-corrected chi connectivity index (χ3v) is 3.51. The van der Waals surface area contributed by atoms with Gasteiger partial charge in [-0.15, -0.1) is 0 Å². The lowest BCUT2D eigenvalue weighted by atomic mass is 9.99. The van der Waals surface area contributed by atoms with Crippen molar-refractivity contribution >= 4 is 0 Å². The van der Waals surface area contributed by atoms with Gasteiger partial charge >= 0.3 is 0 Å². The van der Waals surface area contributed by atoms with Crippen molar-refractivity contribution in [2.45, 2.75) is 32.3 Å². The van der Waals surface area contributed by atoms with E-state index in [9.17, 15) is 5.11 Å². The fraction of sp³-hybridized carbons (Fsp3) is 1.00. The second kappa shape index (κ2) is 2.20. The Bertz CT molecular complexity index is 165. The van der Waals surface area contributed by atoms with Crippen molar-refractivity contribution in [1.82, 2.24) is 0 Å². The molecular weight excluding hydrogens is 138 g/mol. The Balaban J connectivity index is 1.86. The van der Waals surface area contributed by atoms with Gasteiger partial charge in [0.05, 0.1) is 6.10 Å². The molecule has 11 heavy (non-hydrogen) atoms. The van der Waals surface area contributed by atoms with E-state index in [1.54, 1.807) is 0 Å². The van der Waals surface area contributed by atoms with Crippen molar-refractivity contribution in [2.75, 3.05) is 6.54 Å². The van der Waals surface area contributed by atoms with Crippen LogP contribution in [0.1, 0.15) is 26.2 Å². The molecule has 0 saturated heterocycles. The summed E-state index contributed by atoms with van der Waals surface area (Å²) in [6.45, 7) is 2.66. The van der Waals surface area contributed by atoms with Crippen molar-refractivity contribution < 1.29 is 5.11 Å². The molecular formula is C9H17NO. The minimum Gasteiger partial charge on any atom is -0.392 e. The van der Waals surface area contributed by atoms with Gasteiger partial charge < -0.3 is 10.8 Å². The predicted octanol–water partition coefficient (Wildman–Crippen LogP) is 0.742. The molecule has 3 N–H and O–H groups in total. The molecule has 2 rings (SSSR count). The molecule has 3 atom stereocenters. The van der Waals surface area contributed by atoms with E-state index in [2.05, 4.69) is 0 Å². The van der Waals surface area contributed by atoms with Crippen LogP contribution < -0.4 is 5.73 Å². The zero-order chi connectivity index (χ0) is 8.06. The van der Waals surface area contributed by atoms with Gasteiger partial charge in [-0.1, -0.05) is 6.92 Å². The van der Waals surface area contributed by atoms with Crippen molar-refractivity contribution in [1.29, 1.82) is 0 Å². The van der Waals surface area contributed by atoms with Gasteiger partial charge in [-0.25, -0.2) is 0 Å². The summed E-state index contributed by atoms with van der Waals surface area (Å²) < 4.78 is 0. The summed E-state index contributed by atoms with van der Waals surface area (Å²) in [5.41, 5.74) is 6.10. The molecule has 2 heteroatoms. The lowest BCUT2D eigenvalue weighted by molar-refractivity contribution is 0.0915. The molecule has 0 aromatic carbocycles. The highest BCUT2D eigenvalue weighted by Crippen LogP contribution is 2.72. The minimum atomic E-state index is -0.123. The summed E-state index contributed by atoms with van der Waals surface area (Å²) in [5.74, 6) is 0.890. The van der Waals surface area contributed by atoms with Crippen LogP contribution in [0.25, 0.3) is 0 Å². The van der Waals surface area contributed by atoms with Gasteiger partial charge in [0, 0.05) is 0 Å². The number of hydrogen-bond acceptors (Lipinski definition) is 2. The Morgan fingerprint density at radius 1 is 1.64 bits per heavy atom. The second-order valence-corrected chi connectivity index (χ2v) is 4.38. The van der Waals surface area contributed by atoms with Crippen molar-refractivity contribution in [3.05, 3.63) is 0 Å². The molecule has 0 amide bonds. The Kier molecular flexibility index (Phi) is 1.52. The van der Waals surface area contributed by atoms with Crippen molar-refractivity contribution in [3.8, 4) is 0 Å². The first kappa shape index (κ1) is 7.56. The quantitative estimate of drug-likeness (QED) is 0.631. The molecule has 1 spiro atoms. The van der Waals surface area contributed by atoms with E-state index in [1.807, 2.05) is 6.92 Å². The maximum atomic E-state index is 9.75. The second-order valence-electron chi connectivity index (χ2n) is 4.38. The number of nitrogens with two attached hydrogens (primary N) is 1. The van der Waals surface area contributed by atoms with E-state index in [1.165, 1.54) is 19.3 Å². The van der Waals surface area contributed by atoms with Gasteiger partial charge in [0.15, 0.2) is 0 Å². The zero-order valence-electron chi connectivity index (χ0n) is 7.09. The van der Waals surface area contributed by atoms with Crippen LogP contribution in [-0.4, -0.2) is 17.8 Å². The Morgan fingerprint density at radius 2 is 2.27 bits per heavy atom. The Hall–Kier alpha value is -0.0800. The molecule has 0 aromatic rings. The van der Waals surface area contributed by atoms with Crippen LogP contribution in [0.15, 0.2) is 0 Å². The van der Waals surface area contributed by atoms with Crippen LogP contribution in [0.3, 0.4) is 0 Å². The molecule has 2 aliphatic carbocycles. The molecule has 0 bridgehead atoms. The highest BCUT2D eigenvalue weighted by Gasteiger charge is 2.65. The zero-order valence-corrected chi connectivity index (χ0v) is 7.09. The highest BCUT2D eigenvalue weighted by molar-refractivity contribution is 5.14. The lowest BCUT2D eigenvalue weighted by Crippen LogP contribution is -2.27. The van der Waals surface area contributed by atoms with Gasteiger partial charge in [0.1, 0.15) is 0 Å². The summed E-state index contributed by atoms with van der Waals surface area (Å²) in [4.78, 5) is 0. The Morgan fingerprint density at radius 3 is 2.64 bits per heavy atom. The molecule has 3 unspecified atom stereocenters. The van der Waals surface area contributed by atoms with Crippen LogP contribution in [-0.2, 0) is 0 Å². The average molecular weight is 155 g/mol. The normalized spacial score (nSPS) is 36.8. The van der Waals surface area contributed by atoms with Gasteiger partial charge in [0.2, 0.25) is 0 Å². The number of aliphatic hydroxyl groups excluding tert-OH is 1. The number of aliphatic hydroxyl groups is 1. The van der Waals surface area contributed by atoms with Crippen LogP contribution in [0, 0.1) is 17.3 Å². The smallest absolute Gasteiger partial charge is 0.0611 e. The SMILES string of the molecule is CC(CN)C(O)C1CC12CC2. The molecule has 0 aromatic heterocycles. The molecule has 2 fully saturated rings. The summed E-state index contributed by atoms with van der Waals surface area (Å²) in [5, 5.41) is 9.75. The number of hydrogen-bond donors (Lipinski definition) is 2. The fourth-order valence-electron chi connectivity index (χ4n) is 2.13. The van der Waals surface area contributed by atoms with E-state index in [-0.39, 0.29) is 6.10 Å². The monoisotopic (exact) mass is 155 g/mol. The van der Waals surface area contributed by atoms with Gasteiger partial charge in [0.25, 0.3) is 0 Å². The number of rotatable bonds is 3. The first-order valence-electron chi connectivity index (χ1n) is 4.58. The summed E-state index contributed by atoms with van der Waals surface area (Å²) in [7, 11) is 0. The van der Waals surface area contributed by atoms with Crippen LogP contribution in [0.5, 0.6) is 0 Å². The topological polar surface area (TPSA) is 46.2 Å². The van der Waals surface area contributed by atoms with Crippen LogP contribution in [0.2, 0.25) is 0 Å². The van der Waals surface area contributed by atoms with Gasteiger partial charge in [-0.2, -0.15) is 0 Å². The summed E-state index contributed by atoms with van der Waals surface area (Å²) >= 11 is 0. The lowest BCUT2D eigenvalue weighted by Gasteiger charge is -2.16. The molecule has 0 aliphatic heterocycles. The van der Waals surface area contributed by atoms with Crippen molar-refractivity contribution in [2.24, 2.45) is 23.0 Å². The third kappa shape index (κ3) is 1.09. The molecule has 2 saturated carbocycles. The third-order valence-electron chi connectivity index (χ3n) is 3.51. The molecule has 2 aliphatic rings. The van der Waals surface area contributed by atoms with E-state index in [4.69, 9.17) is 5.73 Å². The molecule has 2 nitrogen and oxygen atoms in total. The Labute approximate surface area is 67.8 Å². The maximum Gasteiger partial charge on any atom is 0.0611 e. The predicted molar refractivity (Wildman–Crippen MR) is 44.0 cm³/mol. The van der Waals surface area contributed by atoms with E-state index in [0.717, 1.165) is 0 Å². The molecule has 64 valence electrons. The van der Waals surface area contributed by atoms with E-state index in [0.29, 0.717) is 23.8 Å². The van der Waals surface area contributed by atoms with E-state index < -0.39 is 0 Å². The first-order chi connectivity index (χ1) is 5.19. The molecule has 0 heterocycles. The summed E-state index contributed by atoms with van der Waals surface area (Å²) in [6.07, 6.45) is 3.85. The van der Waals surface area contributed by atoms with Gasteiger partial charge in [-0.05, 0) is 43.1 Å². The average Bonchev–Trinajstić information content (AvgIpc) is 2.91. The van der Waals surface area contributed by atoms with E-state index >= 15 is 0 Å². The summed E-state index contributed by atoms with van der Waals surface area (Å²) in [6, 6.07) is 0. The standard InChI is InChI=1S/C9H17NO/c1-6(5-10)8(11)7-4-9(7)2-3-9/h6-8,11H,2-5,10H2,1H3. The minimum absolute atomic E-state index is 0.123. The maximum absolute atomic E-state index is 9.75.